The zero-order chi connectivity index (χ0) is 12.1. The van der Waals surface area contributed by atoms with Crippen LogP contribution in [0.1, 0.15) is 26.9 Å². The molecule has 0 saturated carbocycles. The van der Waals surface area contributed by atoms with E-state index < -0.39 is 0 Å². The Morgan fingerprint density at radius 2 is 1.83 bits per heavy atom. The predicted molar refractivity (Wildman–Crippen MR) is 71.4 cm³/mol. The van der Waals surface area contributed by atoms with Crippen LogP contribution in [0.4, 0.5) is 0 Å². The topological polar surface area (TPSA) is 20.3 Å². The Labute approximate surface area is 110 Å². The molecule has 0 spiro atoms. The number of hydrogen-bond donors (Lipinski definition) is 0. The Morgan fingerprint density at radius 1 is 1.06 bits per heavy atom. The van der Waals surface area contributed by atoms with Crippen molar-refractivity contribution in [2.45, 2.75) is 16.8 Å². The Kier molecular flexibility index (Phi) is 2.06. The van der Waals surface area contributed by atoms with E-state index in [4.69, 9.17) is 0 Å². The molecule has 2 nitrogen and oxygen atoms in total. The molecule has 2 aromatic rings. The van der Waals surface area contributed by atoms with Crippen molar-refractivity contribution in [1.82, 2.24) is 4.90 Å². The first-order valence-electron chi connectivity index (χ1n) is 5.99. The second-order valence-electron chi connectivity index (χ2n) is 4.60. The smallest absolute Gasteiger partial charge is 0.255 e. The fraction of sp³-hybridized carbons (Fsp3) is 0.133. The van der Waals surface area contributed by atoms with Gasteiger partial charge in [-0.25, -0.2) is 0 Å². The first-order chi connectivity index (χ1) is 8.84. The van der Waals surface area contributed by atoms with Crippen molar-refractivity contribution >= 4 is 17.7 Å². The summed E-state index contributed by atoms with van der Waals surface area (Å²) in [5.74, 6) is 0.164. The molecule has 88 valence electrons. The van der Waals surface area contributed by atoms with Crippen LogP contribution in [0.3, 0.4) is 0 Å². The van der Waals surface area contributed by atoms with E-state index in [1.165, 1.54) is 10.5 Å². The molecule has 4 rings (SSSR count). The van der Waals surface area contributed by atoms with Crippen molar-refractivity contribution in [2.24, 2.45) is 0 Å². The van der Waals surface area contributed by atoms with Crippen LogP contribution in [0, 0.1) is 0 Å². The van der Waals surface area contributed by atoms with Gasteiger partial charge in [0.2, 0.25) is 0 Å². The highest BCUT2D eigenvalue weighted by molar-refractivity contribution is 7.99. The molecular formula is C15H11NOS. The van der Waals surface area contributed by atoms with E-state index in [-0.39, 0.29) is 11.3 Å². The average Bonchev–Trinajstić information content (AvgIpc) is 2.71. The largest absolute Gasteiger partial charge is 0.318 e. The molecule has 18 heavy (non-hydrogen) atoms. The lowest BCUT2D eigenvalue weighted by atomic mass is 10.1. The number of benzene rings is 2. The number of hydrogen-bond acceptors (Lipinski definition) is 2. The molecule has 2 aromatic carbocycles. The number of rotatable bonds is 0. The highest BCUT2D eigenvalue weighted by Crippen LogP contribution is 2.49. The maximum absolute atomic E-state index is 12.4. The molecule has 3 heteroatoms. The van der Waals surface area contributed by atoms with Crippen molar-refractivity contribution in [3.8, 4) is 0 Å². The third-order valence-electron chi connectivity index (χ3n) is 3.55. The van der Waals surface area contributed by atoms with Gasteiger partial charge in [0.05, 0.1) is 0 Å². The van der Waals surface area contributed by atoms with Crippen molar-refractivity contribution in [2.75, 3.05) is 0 Å². The Bertz CT molecular complexity index is 652. The normalized spacial score (nSPS) is 20.3. The van der Waals surface area contributed by atoms with Crippen molar-refractivity contribution in [3.63, 3.8) is 0 Å². The van der Waals surface area contributed by atoms with Crippen LogP contribution in [-0.2, 0) is 6.54 Å². The summed E-state index contributed by atoms with van der Waals surface area (Å²) in [6.45, 7) is 0.724. The van der Waals surface area contributed by atoms with Crippen LogP contribution in [0.15, 0.2) is 53.4 Å². The number of fused-ring (bicyclic) bond motifs is 4. The van der Waals surface area contributed by atoms with Crippen LogP contribution in [-0.4, -0.2) is 10.8 Å². The van der Waals surface area contributed by atoms with Crippen LogP contribution in [0.25, 0.3) is 0 Å². The molecule has 0 aromatic heterocycles. The maximum Gasteiger partial charge on any atom is 0.255 e. The van der Waals surface area contributed by atoms with Gasteiger partial charge in [-0.1, -0.05) is 48.2 Å². The molecule has 2 aliphatic rings. The third-order valence-corrected chi connectivity index (χ3v) is 4.94. The predicted octanol–water partition coefficient (Wildman–Crippen LogP) is 3.45. The van der Waals surface area contributed by atoms with Gasteiger partial charge < -0.3 is 4.90 Å². The summed E-state index contributed by atoms with van der Waals surface area (Å²) in [4.78, 5) is 15.6. The van der Waals surface area contributed by atoms with Crippen molar-refractivity contribution < 1.29 is 4.79 Å². The molecule has 0 bridgehead atoms. The number of thioether (sulfide) groups is 1. The lowest BCUT2D eigenvalue weighted by Gasteiger charge is -2.31. The fourth-order valence-corrected chi connectivity index (χ4v) is 3.98. The standard InChI is InChI=1S/C15H11NOS/c17-14-11-6-2-3-7-12(11)15-16(14)9-10-5-1-4-8-13(10)18-15/h1-8,15H,9H2. The number of carbonyl (C=O) groups is 1. The zero-order valence-corrected chi connectivity index (χ0v) is 10.5. The summed E-state index contributed by atoms with van der Waals surface area (Å²) in [6, 6.07) is 16.3. The lowest BCUT2D eigenvalue weighted by Crippen LogP contribution is -2.28. The van der Waals surface area contributed by atoms with E-state index in [2.05, 4.69) is 24.3 Å². The molecule has 2 aliphatic heterocycles. The first-order valence-corrected chi connectivity index (χ1v) is 6.87. The zero-order valence-electron chi connectivity index (χ0n) is 9.67. The van der Waals surface area contributed by atoms with Crippen LogP contribution in [0.2, 0.25) is 0 Å². The van der Waals surface area contributed by atoms with Crippen LogP contribution < -0.4 is 0 Å². The van der Waals surface area contributed by atoms with Gasteiger partial charge in [0.15, 0.2) is 0 Å². The highest BCUT2D eigenvalue weighted by Gasteiger charge is 2.39. The summed E-state index contributed by atoms with van der Waals surface area (Å²) in [5, 5.41) is 0.156. The van der Waals surface area contributed by atoms with Crippen LogP contribution >= 0.6 is 11.8 Å². The Hall–Kier alpha value is -1.74. The number of amides is 1. The van der Waals surface area contributed by atoms with Gasteiger partial charge in [0, 0.05) is 17.0 Å². The highest BCUT2D eigenvalue weighted by atomic mass is 32.2. The summed E-state index contributed by atoms with van der Waals surface area (Å²) < 4.78 is 0. The molecule has 0 saturated heterocycles. The molecule has 0 radical (unpaired) electrons. The van der Waals surface area contributed by atoms with Crippen molar-refractivity contribution in [3.05, 3.63) is 65.2 Å². The average molecular weight is 253 g/mol. The number of nitrogens with zero attached hydrogens (tertiary/aromatic N) is 1. The maximum atomic E-state index is 12.4. The Morgan fingerprint density at radius 3 is 2.78 bits per heavy atom. The molecule has 2 heterocycles. The minimum absolute atomic E-state index is 0.156. The molecular weight excluding hydrogens is 242 g/mol. The molecule has 1 unspecified atom stereocenters. The molecule has 0 fully saturated rings. The van der Waals surface area contributed by atoms with E-state index in [9.17, 15) is 4.79 Å². The first kappa shape index (κ1) is 10.2. The quantitative estimate of drug-likeness (QED) is 0.716. The molecule has 0 N–H and O–H groups in total. The summed E-state index contributed by atoms with van der Waals surface area (Å²) in [7, 11) is 0. The van der Waals surface area contributed by atoms with Gasteiger partial charge in [-0.2, -0.15) is 0 Å². The van der Waals surface area contributed by atoms with Gasteiger partial charge >= 0.3 is 0 Å². The minimum Gasteiger partial charge on any atom is -0.318 e. The monoisotopic (exact) mass is 253 g/mol. The SMILES string of the molecule is O=C1c2ccccc2C2Sc3ccccc3CN12. The van der Waals surface area contributed by atoms with Gasteiger partial charge in [0.1, 0.15) is 5.37 Å². The van der Waals surface area contributed by atoms with Gasteiger partial charge in [-0.3, -0.25) is 4.79 Å². The second-order valence-corrected chi connectivity index (χ2v) is 5.72. The van der Waals surface area contributed by atoms with E-state index in [1.54, 1.807) is 11.8 Å². The second kappa shape index (κ2) is 3.62. The van der Waals surface area contributed by atoms with E-state index in [0.29, 0.717) is 0 Å². The molecule has 1 atom stereocenters. The summed E-state index contributed by atoms with van der Waals surface area (Å²) in [5.41, 5.74) is 3.27. The number of carbonyl (C=O) groups excluding carboxylic acids is 1. The van der Waals surface area contributed by atoms with Gasteiger partial charge in [-0.15, -0.1) is 0 Å². The van der Waals surface area contributed by atoms with Gasteiger partial charge in [0.25, 0.3) is 5.91 Å². The van der Waals surface area contributed by atoms with E-state index >= 15 is 0 Å². The molecule has 1 amide bonds. The fourth-order valence-electron chi connectivity index (χ4n) is 2.67. The molecule has 0 aliphatic carbocycles. The summed E-state index contributed by atoms with van der Waals surface area (Å²) in [6.07, 6.45) is 0. The lowest BCUT2D eigenvalue weighted by molar-refractivity contribution is 0.0756. The van der Waals surface area contributed by atoms with E-state index in [0.717, 1.165) is 17.7 Å². The summed E-state index contributed by atoms with van der Waals surface area (Å²) >= 11 is 1.78. The van der Waals surface area contributed by atoms with Crippen LogP contribution in [0.5, 0.6) is 0 Å². The minimum atomic E-state index is 0.156. The van der Waals surface area contributed by atoms with E-state index in [1.807, 2.05) is 29.2 Å². The Balaban J connectivity index is 1.85. The van der Waals surface area contributed by atoms with Gasteiger partial charge in [-0.05, 0) is 23.3 Å². The van der Waals surface area contributed by atoms with Crippen molar-refractivity contribution in [1.29, 1.82) is 0 Å². The third kappa shape index (κ3) is 1.28.